The van der Waals surface area contributed by atoms with Gasteiger partial charge < -0.3 is 4.90 Å². The van der Waals surface area contributed by atoms with Crippen LogP contribution in [0.15, 0.2) is 47.3 Å². The molecule has 0 spiro atoms. The number of hydrogen-bond acceptors (Lipinski definition) is 3. The summed E-state index contributed by atoms with van der Waals surface area (Å²) in [6, 6.07) is 11.6. The summed E-state index contributed by atoms with van der Waals surface area (Å²) >= 11 is 0. The Morgan fingerprint density at radius 3 is 2.65 bits per heavy atom. The second kappa shape index (κ2) is 6.74. The van der Waals surface area contributed by atoms with E-state index in [9.17, 15) is 9.18 Å². The summed E-state index contributed by atoms with van der Waals surface area (Å²) in [5, 5.41) is 0.606. The molecule has 0 saturated carbocycles. The van der Waals surface area contributed by atoms with Crippen molar-refractivity contribution in [3.63, 3.8) is 0 Å². The molecule has 5 heteroatoms. The predicted molar refractivity (Wildman–Crippen MR) is 99.6 cm³/mol. The van der Waals surface area contributed by atoms with Gasteiger partial charge in [0, 0.05) is 37.2 Å². The number of hydrogen-bond donors (Lipinski definition) is 0. The maximum absolute atomic E-state index is 13.2. The average molecular weight is 347 g/mol. The molecule has 130 valence electrons. The largest absolute Gasteiger partial charge is 0.304 e. The third kappa shape index (κ3) is 3.24. The number of aromatic nitrogens is 2. The van der Waals surface area contributed by atoms with Gasteiger partial charge in [0.05, 0.1) is 10.9 Å². The van der Waals surface area contributed by atoms with Crippen LogP contribution < -0.4 is 5.56 Å². The average Bonchev–Trinajstić information content (AvgIpc) is 2.82. The van der Waals surface area contributed by atoms with Crippen LogP contribution in [0, 0.1) is 17.7 Å². The Bertz CT molecular complexity index is 1110. The minimum atomic E-state index is -0.308. The Kier molecular flexibility index (Phi) is 4.27. The van der Waals surface area contributed by atoms with Crippen molar-refractivity contribution in [1.29, 1.82) is 0 Å². The van der Waals surface area contributed by atoms with Crippen molar-refractivity contribution in [3.05, 3.63) is 75.6 Å². The minimum Gasteiger partial charge on any atom is -0.304 e. The molecule has 2 aromatic carbocycles. The monoisotopic (exact) mass is 347 g/mol. The van der Waals surface area contributed by atoms with E-state index in [4.69, 9.17) is 4.98 Å². The van der Waals surface area contributed by atoms with Gasteiger partial charge in [0.1, 0.15) is 11.6 Å². The smallest absolute Gasteiger partial charge is 0.261 e. The Balaban J connectivity index is 1.75. The Morgan fingerprint density at radius 2 is 1.85 bits per heavy atom. The van der Waals surface area contributed by atoms with Gasteiger partial charge in [-0.2, -0.15) is 0 Å². The predicted octanol–water partition coefficient (Wildman–Crippen LogP) is 2.42. The molecule has 4 rings (SSSR count). The Morgan fingerprint density at radius 1 is 1.04 bits per heavy atom. The molecule has 4 nitrogen and oxygen atoms in total. The van der Waals surface area contributed by atoms with E-state index in [2.05, 4.69) is 23.8 Å². The second-order valence-corrected chi connectivity index (χ2v) is 6.53. The molecule has 0 atom stereocenters. The van der Waals surface area contributed by atoms with Crippen molar-refractivity contribution >= 4 is 10.9 Å². The van der Waals surface area contributed by atoms with Crippen LogP contribution in [0.5, 0.6) is 0 Å². The molecule has 0 unspecified atom stereocenters. The van der Waals surface area contributed by atoms with Crippen LogP contribution in [0.1, 0.15) is 17.0 Å². The van der Waals surface area contributed by atoms with E-state index in [1.54, 1.807) is 22.8 Å². The van der Waals surface area contributed by atoms with Gasteiger partial charge in [-0.1, -0.05) is 17.9 Å². The minimum absolute atomic E-state index is 0.00457. The van der Waals surface area contributed by atoms with Crippen molar-refractivity contribution in [3.8, 4) is 11.8 Å². The summed E-state index contributed by atoms with van der Waals surface area (Å²) in [6.45, 7) is 2.39. The zero-order valence-corrected chi connectivity index (χ0v) is 14.5. The SMILES string of the molecule is CN1CCc2nc3cc(C#Cc4cccc(F)c4)ccc3c(=O)n2CC1. The molecule has 1 aliphatic heterocycles. The summed E-state index contributed by atoms with van der Waals surface area (Å²) in [6.07, 6.45) is 0.751. The molecular weight excluding hydrogens is 329 g/mol. The highest BCUT2D eigenvalue weighted by molar-refractivity contribution is 5.79. The molecule has 1 aliphatic rings. The lowest BCUT2D eigenvalue weighted by atomic mass is 10.1. The number of nitrogens with zero attached hydrogens (tertiary/aromatic N) is 3. The highest BCUT2D eigenvalue weighted by Crippen LogP contribution is 2.13. The van der Waals surface area contributed by atoms with Gasteiger partial charge in [0.2, 0.25) is 0 Å². The van der Waals surface area contributed by atoms with Crippen LogP contribution in [-0.4, -0.2) is 34.6 Å². The van der Waals surface area contributed by atoms with Crippen LogP contribution in [0.25, 0.3) is 10.9 Å². The van der Waals surface area contributed by atoms with Gasteiger partial charge in [-0.15, -0.1) is 0 Å². The Hall–Kier alpha value is -2.97. The molecule has 0 aliphatic carbocycles. The van der Waals surface area contributed by atoms with Crippen molar-refractivity contribution in [1.82, 2.24) is 14.5 Å². The molecule has 0 N–H and O–H groups in total. The standard InChI is InChI=1S/C21H18FN3O/c1-24-10-9-20-23-19-14-16(6-5-15-3-2-4-17(22)13-15)7-8-18(19)21(26)25(20)12-11-24/h2-4,7-8,13-14H,9-12H2,1H3. The molecule has 0 fully saturated rings. The third-order valence-electron chi connectivity index (χ3n) is 4.63. The van der Waals surface area contributed by atoms with Crippen molar-refractivity contribution in [2.75, 3.05) is 20.1 Å². The molecule has 1 aromatic heterocycles. The first kappa shape index (κ1) is 16.5. The van der Waals surface area contributed by atoms with Gasteiger partial charge in [-0.25, -0.2) is 9.37 Å². The highest BCUT2D eigenvalue weighted by atomic mass is 19.1. The first-order chi connectivity index (χ1) is 12.6. The highest BCUT2D eigenvalue weighted by Gasteiger charge is 2.15. The molecule has 0 saturated heterocycles. The number of halogens is 1. The first-order valence-electron chi connectivity index (χ1n) is 8.60. The summed E-state index contributed by atoms with van der Waals surface area (Å²) in [5.41, 5.74) is 2.04. The lowest BCUT2D eigenvalue weighted by Crippen LogP contribution is -2.27. The Labute approximate surface area is 150 Å². The van der Waals surface area contributed by atoms with Gasteiger partial charge >= 0.3 is 0 Å². The molecule has 3 aromatic rings. The van der Waals surface area contributed by atoms with Crippen LogP contribution in [0.3, 0.4) is 0 Å². The van der Waals surface area contributed by atoms with Gasteiger partial charge in [-0.3, -0.25) is 9.36 Å². The molecule has 0 bridgehead atoms. The van der Waals surface area contributed by atoms with Crippen LogP contribution in [0.2, 0.25) is 0 Å². The van der Waals surface area contributed by atoms with Crippen molar-refractivity contribution in [2.45, 2.75) is 13.0 Å². The van der Waals surface area contributed by atoms with Gasteiger partial charge in [0.25, 0.3) is 5.56 Å². The normalized spacial score (nSPS) is 14.4. The van der Waals surface area contributed by atoms with Crippen LogP contribution in [0.4, 0.5) is 4.39 Å². The van der Waals surface area contributed by atoms with Gasteiger partial charge in [0.15, 0.2) is 0 Å². The zero-order chi connectivity index (χ0) is 18.1. The molecular formula is C21H18FN3O. The lowest BCUT2D eigenvalue weighted by molar-refractivity contribution is 0.341. The van der Waals surface area contributed by atoms with Crippen molar-refractivity contribution < 1.29 is 4.39 Å². The lowest BCUT2D eigenvalue weighted by Gasteiger charge is -2.11. The molecule has 2 heterocycles. The van der Waals surface area contributed by atoms with Crippen molar-refractivity contribution in [2.24, 2.45) is 0 Å². The van der Waals surface area contributed by atoms with E-state index >= 15 is 0 Å². The summed E-state index contributed by atoms with van der Waals surface area (Å²) in [5.74, 6) is 6.49. The maximum Gasteiger partial charge on any atom is 0.261 e. The van der Waals surface area contributed by atoms with E-state index < -0.39 is 0 Å². The number of likely N-dealkylation sites (N-methyl/N-ethyl adjacent to an activating group) is 1. The fourth-order valence-corrected chi connectivity index (χ4v) is 3.15. The number of benzene rings is 2. The van der Waals surface area contributed by atoms with E-state index in [0.717, 1.165) is 30.9 Å². The number of fused-ring (bicyclic) bond motifs is 2. The first-order valence-corrected chi connectivity index (χ1v) is 8.60. The molecule has 0 radical (unpaired) electrons. The van der Waals surface area contributed by atoms with Gasteiger partial charge in [-0.05, 0) is 43.4 Å². The quantitative estimate of drug-likeness (QED) is 0.586. The summed E-state index contributed by atoms with van der Waals surface area (Å²) in [7, 11) is 2.05. The van der Waals surface area contributed by atoms with Crippen LogP contribution >= 0.6 is 0 Å². The third-order valence-corrected chi connectivity index (χ3v) is 4.63. The van der Waals surface area contributed by atoms with Crippen LogP contribution in [-0.2, 0) is 13.0 Å². The van der Waals surface area contributed by atoms with E-state index in [1.807, 2.05) is 12.1 Å². The van der Waals surface area contributed by atoms with E-state index in [0.29, 0.717) is 23.0 Å². The maximum atomic E-state index is 13.2. The topological polar surface area (TPSA) is 38.1 Å². The van der Waals surface area contributed by atoms with E-state index in [1.165, 1.54) is 12.1 Å². The molecule has 0 amide bonds. The fraction of sp³-hybridized carbons (Fsp3) is 0.238. The zero-order valence-electron chi connectivity index (χ0n) is 14.5. The number of rotatable bonds is 0. The molecule has 26 heavy (non-hydrogen) atoms. The summed E-state index contributed by atoms with van der Waals surface area (Å²) in [4.78, 5) is 19.7. The van der Waals surface area contributed by atoms with E-state index in [-0.39, 0.29) is 11.4 Å². The second-order valence-electron chi connectivity index (χ2n) is 6.53. The fourth-order valence-electron chi connectivity index (χ4n) is 3.15. The summed E-state index contributed by atoms with van der Waals surface area (Å²) < 4.78 is 15.0.